The number of sulfone groups is 1. The zero-order valence-electron chi connectivity index (χ0n) is 12.8. The molecular weight excluding hydrogens is 396 g/mol. The van der Waals surface area contributed by atoms with Crippen LogP contribution < -0.4 is 5.32 Å². The van der Waals surface area contributed by atoms with E-state index in [4.69, 9.17) is 0 Å². The first kappa shape index (κ1) is 16.9. The first-order chi connectivity index (χ1) is 11.3. The molecule has 0 spiro atoms. The minimum absolute atomic E-state index is 0.0434. The topological polar surface area (TPSA) is 89.3 Å². The Labute approximate surface area is 148 Å². The van der Waals surface area contributed by atoms with Crippen molar-refractivity contribution in [3.8, 4) is 0 Å². The fourth-order valence-corrected chi connectivity index (χ4v) is 3.81. The lowest BCUT2D eigenvalue weighted by atomic mass is 10.1. The number of benzene rings is 2. The number of nitro benzene ring substituents is 1. The van der Waals surface area contributed by atoms with Crippen molar-refractivity contribution in [2.75, 3.05) is 11.6 Å². The van der Waals surface area contributed by atoms with E-state index in [2.05, 4.69) is 21.2 Å². The number of anilines is 1. The summed E-state index contributed by atoms with van der Waals surface area (Å²) in [5.74, 6) is 0.306. The van der Waals surface area contributed by atoms with E-state index in [-0.39, 0.29) is 16.6 Å². The molecule has 8 heteroatoms. The predicted molar refractivity (Wildman–Crippen MR) is 95.1 cm³/mol. The SMILES string of the molecule is CS(=O)(=O)c1cc([N+](=O)[O-])ccc1NC1CC1c1ccc(Br)cc1. The summed E-state index contributed by atoms with van der Waals surface area (Å²) in [7, 11) is -3.57. The van der Waals surface area contributed by atoms with Gasteiger partial charge in [-0.05, 0) is 30.2 Å². The maximum absolute atomic E-state index is 12.0. The monoisotopic (exact) mass is 410 g/mol. The van der Waals surface area contributed by atoms with Gasteiger partial charge in [-0.3, -0.25) is 10.1 Å². The lowest BCUT2D eigenvalue weighted by Gasteiger charge is -2.11. The molecule has 2 aromatic carbocycles. The van der Waals surface area contributed by atoms with Crippen LogP contribution in [0.25, 0.3) is 0 Å². The number of rotatable bonds is 5. The van der Waals surface area contributed by atoms with Gasteiger partial charge in [0.2, 0.25) is 0 Å². The summed E-state index contributed by atoms with van der Waals surface area (Å²) in [6, 6.07) is 12.0. The molecule has 0 radical (unpaired) electrons. The van der Waals surface area contributed by atoms with Gasteiger partial charge in [-0.25, -0.2) is 8.42 Å². The second-order valence-corrected chi connectivity index (χ2v) is 8.75. The van der Waals surface area contributed by atoms with E-state index in [1.807, 2.05) is 24.3 Å². The minimum Gasteiger partial charge on any atom is -0.381 e. The molecule has 0 aromatic heterocycles. The van der Waals surface area contributed by atoms with Crippen molar-refractivity contribution in [1.29, 1.82) is 0 Å². The Hall–Kier alpha value is -1.93. The van der Waals surface area contributed by atoms with Crippen molar-refractivity contribution in [3.05, 3.63) is 62.6 Å². The molecule has 1 saturated carbocycles. The number of non-ortho nitro benzene ring substituents is 1. The lowest BCUT2D eigenvalue weighted by molar-refractivity contribution is -0.385. The third-order valence-electron chi connectivity index (χ3n) is 4.00. The highest BCUT2D eigenvalue weighted by atomic mass is 79.9. The highest BCUT2D eigenvalue weighted by Gasteiger charge is 2.39. The quantitative estimate of drug-likeness (QED) is 0.598. The lowest BCUT2D eigenvalue weighted by Crippen LogP contribution is -2.09. The van der Waals surface area contributed by atoms with Crippen LogP contribution in [0.1, 0.15) is 17.9 Å². The molecule has 1 aliphatic carbocycles. The van der Waals surface area contributed by atoms with Crippen molar-refractivity contribution in [2.45, 2.75) is 23.3 Å². The van der Waals surface area contributed by atoms with Crippen molar-refractivity contribution in [1.82, 2.24) is 0 Å². The molecule has 3 rings (SSSR count). The predicted octanol–water partition coefficient (Wildman–Crippen LogP) is 3.73. The van der Waals surface area contributed by atoms with Crippen LogP contribution in [0.15, 0.2) is 51.8 Å². The molecular formula is C16H15BrN2O4S. The molecule has 0 bridgehead atoms. The third-order valence-corrected chi connectivity index (χ3v) is 5.67. The molecule has 2 atom stereocenters. The van der Waals surface area contributed by atoms with Gasteiger partial charge < -0.3 is 5.32 Å². The van der Waals surface area contributed by atoms with Crippen LogP contribution in [0.5, 0.6) is 0 Å². The molecule has 0 amide bonds. The molecule has 0 heterocycles. The first-order valence-corrected chi connectivity index (χ1v) is 9.94. The van der Waals surface area contributed by atoms with E-state index in [1.54, 1.807) is 0 Å². The van der Waals surface area contributed by atoms with Gasteiger partial charge in [0.15, 0.2) is 9.84 Å². The summed E-state index contributed by atoms with van der Waals surface area (Å²) in [6.45, 7) is 0. The molecule has 0 saturated heterocycles. The normalized spacial score (nSPS) is 19.8. The standard InChI is InChI=1S/C16H15BrN2O4S/c1-24(22,23)16-8-12(19(20)21)6-7-14(16)18-15-9-13(15)10-2-4-11(17)5-3-10/h2-8,13,15,18H,9H2,1H3. The first-order valence-electron chi connectivity index (χ1n) is 7.26. The number of nitro groups is 1. The average Bonchev–Trinajstić information content (AvgIpc) is 3.26. The van der Waals surface area contributed by atoms with Gasteiger partial charge >= 0.3 is 0 Å². The fraction of sp³-hybridized carbons (Fsp3) is 0.250. The van der Waals surface area contributed by atoms with E-state index < -0.39 is 14.8 Å². The molecule has 126 valence electrons. The highest BCUT2D eigenvalue weighted by Crippen LogP contribution is 2.44. The molecule has 1 N–H and O–H groups in total. The molecule has 2 aromatic rings. The van der Waals surface area contributed by atoms with Gasteiger partial charge in [0, 0.05) is 34.8 Å². The van der Waals surface area contributed by atoms with Gasteiger partial charge in [-0.2, -0.15) is 0 Å². The van der Waals surface area contributed by atoms with E-state index in [9.17, 15) is 18.5 Å². The van der Waals surface area contributed by atoms with Crippen LogP contribution in [0.4, 0.5) is 11.4 Å². The summed E-state index contributed by atoms with van der Waals surface area (Å²) in [5, 5.41) is 14.1. The molecule has 2 unspecified atom stereocenters. The average molecular weight is 411 g/mol. The summed E-state index contributed by atoms with van der Waals surface area (Å²) >= 11 is 3.40. The van der Waals surface area contributed by atoms with Gasteiger partial charge in [0.05, 0.1) is 15.5 Å². The second kappa shape index (κ2) is 6.18. The van der Waals surface area contributed by atoms with Crippen molar-refractivity contribution >= 4 is 37.1 Å². The third kappa shape index (κ3) is 3.59. The summed E-state index contributed by atoms with van der Waals surface area (Å²) < 4.78 is 24.9. The number of hydrogen-bond donors (Lipinski definition) is 1. The number of nitrogens with zero attached hydrogens (tertiary/aromatic N) is 1. The second-order valence-electron chi connectivity index (χ2n) is 5.85. The Bertz CT molecular complexity index is 897. The van der Waals surface area contributed by atoms with E-state index >= 15 is 0 Å². The van der Waals surface area contributed by atoms with Gasteiger partial charge in [0.1, 0.15) is 0 Å². The van der Waals surface area contributed by atoms with E-state index in [1.165, 1.54) is 17.7 Å². The molecule has 6 nitrogen and oxygen atoms in total. The largest absolute Gasteiger partial charge is 0.381 e. The number of hydrogen-bond acceptors (Lipinski definition) is 5. The van der Waals surface area contributed by atoms with Crippen molar-refractivity contribution in [2.24, 2.45) is 0 Å². The molecule has 24 heavy (non-hydrogen) atoms. The maximum atomic E-state index is 12.0. The van der Waals surface area contributed by atoms with Gasteiger partial charge in [-0.15, -0.1) is 0 Å². The Kier molecular flexibility index (Phi) is 4.35. The molecule has 0 aliphatic heterocycles. The minimum atomic E-state index is -3.57. The van der Waals surface area contributed by atoms with Crippen LogP contribution in [-0.2, 0) is 9.84 Å². The summed E-state index contributed by atoms with van der Waals surface area (Å²) in [4.78, 5) is 10.2. The highest BCUT2D eigenvalue weighted by molar-refractivity contribution is 9.10. The Morgan fingerprint density at radius 1 is 1.21 bits per heavy atom. The number of nitrogens with one attached hydrogen (secondary N) is 1. The van der Waals surface area contributed by atoms with Crippen molar-refractivity contribution in [3.63, 3.8) is 0 Å². The summed E-state index contributed by atoms with van der Waals surface area (Å²) in [5.41, 5.74) is 1.35. The maximum Gasteiger partial charge on any atom is 0.270 e. The zero-order chi connectivity index (χ0) is 17.5. The smallest absolute Gasteiger partial charge is 0.270 e. The fourth-order valence-electron chi connectivity index (χ4n) is 2.68. The molecule has 1 fully saturated rings. The van der Waals surface area contributed by atoms with Crippen LogP contribution in [0.3, 0.4) is 0 Å². The van der Waals surface area contributed by atoms with Crippen LogP contribution in [0.2, 0.25) is 0 Å². The zero-order valence-corrected chi connectivity index (χ0v) is 15.2. The van der Waals surface area contributed by atoms with E-state index in [0.29, 0.717) is 11.6 Å². The van der Waals surface area contributed by atoms with Crippen LogP contribution >= 0.6 is 15.9 Å². The summed E-state index contributed by atoms with van der Waals surface area (Å²) in [6.07, 6.45) is 1.94. The Balaban J connectivity index is 1.83. The van der Waals surface area contributed by atoms with Crippen molar-refractivity contribution < 1.29 is 13.3 Å². The Morgan fingerprint density at radius 2 is 1.88 bits per heavy atom. The number of halogens is 1. The Morgan fingerprint density at radius 3 is 2.46 bits per heavy atom. The molecule has 1 aliphatic rings. The van der Waals surface area contributed by atoms with Crippen LogP contribution in [-0.4, -0.2) is 25.6 Å². The van der Waals surface area contributed by atoms with Gasteiger partial charge in [-0.1, -0.05) is 28.1 Å². The van der Waals surface area contributed by atoms with Crippen LogP contribution in [0, 0.1) is 10.1 Å². The van der Waals surface area contributed by atoms with E-state index in [0.717, 1.165) is 23.2 Å². The van der Waals surface area contributed by atoms with Gasteiger partial charge in [0.25, 0.3) is 5.69 Å².